The first-order chi connectivity index (χ1) is 17.5. The molecule has 0 unspecified atom stereocenters. The van der Waals surface area contributed by atoms with Crippen molar-refractivity contribution in [3.05, 3.63) is 127 Å². The normalized spacial score (nSPS) is 13.8. The molecule has 0 radical (unpaired) electrons. The van der Waals surface area contributed by atoms with Gasteiger partial charge in [-0.3, -0.25) is 4.79 Å². The summed E-state index contributed by atoms with van der Waals surface area (Å²) in [4.78, 5) is 13.7. The van der Waals surface area contributed by atoms with Crippen molar-refractivity contribution in [2.24, 2.45) is 0 Å². The van der Waals surface area contributed by atoms with Crippen LogP contribution in [0.5, 0.6) is 0 Å². The lowest BCUT2D eigenvalue weighted by molar-refractivity contribution is 0.105. The van der Waals surface area contributed by atoms with E-state index in [1.807, 2.05) is 67.6 Å². The van der Waals surface area contributed by atoms with Gasteiger partial charge in [0.25, 0.3) is 0 Å². The first-order valence-electron chi connectivity index (χ1n) is 12.3. The molecule has 0 bridgehead atoms. The zero-order chi connectivity index (χ0) is 24.8. The number of Topliss-reactive ketones (excluding diaryl/α,β-unsaturated/α-hetero) is 1. The molecule has 6 rings (SSSR count). The molecule has 4 aromatic carbocycles. The van der Waals surface area contributed by atoms with E-state index in [4.69, 9.17) is 11.6 Å². The zero-order valence-electron chi connectivity index (χ0n) is 20.0. The van der Waals surface area contributed by atoms with Crippen LogP contribution in [0.2, 0.25) is 5.02 Å². The lowest BCUT2D eigenvalue weighted by atomic mass is 9.83. The van der Waals surface area contributed by atoms with Crippen molar-refractivity contribution in [2.75, 3.05) is 5.32 Å². The van der Waals surface area contributed by atoms with E-state index in [0.29, 0.717) is 22.2 Å². The van der Waals surface area contributed by atoms with E-state index < -0.39 is 0 Å². The molecule has 178 valence electrons. The van der Waals surface area contributed by atoms with Gasteiger partial charge in [0.1, 0.15) is 5.82 Å². The molecular weight excluding hydrogens is 469 g/mol. The summed E-state index contributed by atoms with van der Waals surface area (Å²) in [7, 11) is 0. The van der Waals surface area contributed by atoms with Crippen molar-refractivity contribution in [3.8, 4) is 0 Å². The molecule has 0 fully saturated rings. The SMILES string of the molecule is Cc1ccccc1Nc1ccc(C(=O)C2=c3ccc4c(c3CCC2)CC=c2c(F)cccc2=4)c(Cl)c1. The number of fused-ring (bicyclic) bond motifs is 4. The molecule has 0 atom stereocenters. The van der Waals surface area contributed by atoms with Gasteiger partial charge in [-0.05, 0) is 95.3 Å². The summed E-state index contributed by atoms with van der Waals surface area (Å²) in [5, 5.41) is 7.51. The molecule has 0 aliphatic heterocycles. The Bertz CT molecular complexity index is 1770. The van der Waals surface area contributed by atoms with Crippen LogP contribution in [0.15, 0.2) is 72.8 Å². The lowest BCUT2D eigenvalue weighted by Gasteiger charge is -2.20. The number of para-hydroxylation sites is 1. The molecule has 1 N–H and O–H groups in total. The molecular formula is C32H25ClFNO. The number of ketones is 1. The number of carbonyl (C=O) groups is 1. The molecule has 0 saturated heterocycles. The molecule has 0 amide bonds. The van der Waals surface area contributed by atoms with Crippen LogP contribution in [0, 0.1) is 23.2 Å². The van der Waals surface area contributed by atoms with Gasteiger partial charge in [0.15, 0.2) is 5.78 Å². The lowest BCUT2D eigenvalue weighted by Crippen LogP contribution is -2.26. The highest BCUT2D eigenvalue weighted by Crippen LogP contribution is 2.29. The van der Waals surface area contributed by atoms with E-state index in [0.717, 1.165) is 57.4 Å². The van der Waals surface area contributed by atoms with E-state index in [1.165, 1.54) is 17.2 Å². The molecule has 36 heavy (non-hydrogen) atoms. The summed E-state index contributed by atoms with van der Waals surface area (Å²) in [5.74, 6) is -0.206. The van der Waals surface area contributed by atoms with E-state index in [2.05, 4.69) is 11.4 Å². The van der Waals surface area contributed by atoms with Crippen LogP contribution in [0.25, 0.3) is 11.6 Å². The van der Waals surface area contributed by atoms with Gasteiger partial charge >= 0.3 is 0 Å². The maximum absolute atomic E-state index is 14.4. The quantitative estimate of drug-likeness (QED) is 0.328. The summed E-state index contributed by atoms with van der Waals surface area (Å²) < 4.78 is 14.4. The van der Waals surface area contributed by atoms with Crippen LogP contribution < -0.4 is 15.8 Å². The Balaban J connectivity index is 1.43. The maximum atomic E-state index is 14.4. The number of anilines is 2. The summed E-state index contributed by atoms with van der Waals surface area (Å²) in [6.45, 7) is 2.05. The van der Waals surface area contributed by atoms with Crippen LogP contribution >= 0.6 is 11.6 Å². The van der Waals surface area contributed by atoms with Crippen LogP contribution in [-0.4, -0.2) is 5.78 Å². The minimum absolute atomic E-state index is 0.0189. The van der Waals surface area contributed by atoms with Crippen molar-refractivity contribution in [3.63, 3.8) is 0 Å². The average molecular weight is 494 g/mol. The number of hydrogen-bond donors (Lipinski definition) is 1. The topological polar surface area (TPSA) is 29.1 Å². The predicted octanol–water partition coefficient (Wildman–Crippen LogP) is 6.52. The van der Waals surface area contributed by atoms with Crippen LogP contribution in [0.3, 0.4) is 0 Å². The first kappa shape index (κ1) is 22.8. The number of hydrogen-bond acceptors (Lipinski definition) is 2. The Morgan fingerprint density at radius 2 is 1.72 bits per heavy atom. The number of carbonyl (C=O) groups excluding carboxylic acids is 1. The van der Waals surface area contributed by atoms with Gasteiger partial charge in [0.2, 0.25) is 0 Å². The van der Waals surface area contributed by atoms with Gasteiger partial charge < -0.3 is 5.32 Å². The Morgan fingerprint density at radius 1 is 0.889 bits per heavy atom. The summed E-state index contributed by atoms with van der Waals surface area (Å²) in [5.41, 5.74) is 6.73. The Labute approximate surface area is 214 Å². The van der Waals surface area contributed by atoms with Gasteiger partial charge in [0, 0.05) is 27.7 Å². The highest BCUT2D eigenvalue weighted by molar-refractivity contribution is 6.38. The van der Waals surface area contributed by atoms with E-state index in [1.54, 1.807) is 6.07 Å². The second kappa shape index (κ2) is 9.07. The van der Waals surface area contributed by atoms with E-state index >= 15 is 0 Å². The highest BCUT2D eigenvalue weighted by Gasteiger charge is 2.22. The van der Waals surface area contributed by atoms with Gasteiger partial charge in [-0.25, -0.2) is 4.39 Å². The van der Waals surface area contributed by atoms with Crippen LogP contribution in [0.4, 0.5) is 15.8 Å². The largest absolute Gasteiger partial charge is 0.355 e. The molecule has 0 aromatic heterocycles. The van der Waals surface area contributed by atoms with Crippen molar-refractivity contribution >= 4 is 40.4 Å². The van der Waals surface area contributed by atoms with Crippen molar-refractivity contribution in [2.45, 2.75) is 32.6 Å². The number of aryl methyl sites for hydroxylation is 1. The third kappa shape index (κ3) is 3.84. The fraction of sp³-hybridized carbons (Fsp3) is 0.156. The fourth-order valence-corrected chi connectivity index (χ4v) is 5.82. The molecule has 2 aliphatic rings. The third-order valence-electron chi connectivity index (χ3n) is 7.38. The minimum Gasteiger partial charge on any atom is -0.355 e. The van der Waals surface area contributed by atoms with Crippen molar-refractivity contribution in [1.29, 1.82) is 0 Å². The van der Waals surface area contributed by atoms with Crippen LogP contribution in [-0.2, 0) is 12.8 Å². The van der Waals surface area contributed by atoms with E-state index in [-0.39, 0.29) is 11.6 Å². The Kier molecular flexibility index (Phi) is 5.73. The highest BCUT2D eigenvalue weighted by atomic mass is 35.5. The molecule has 0 spiro atoms. The number of rotatable bonds is 4. The zero-order valence-corrected chi connectivity index (χ0v) is 20.8. The maximum Gasteiger partial charge on any atom is 0.191 e. The fourth-order valence-electron chi connectivity index (χ4n) is 5.55. The summed E-state index contributed by atoms with van der Waals surface area (Å²) >= 11 is 6.65. The molecule has 2 nitrogen and oxygen atoms in total. The molecule has 2 aliphatic carbocycles. The van der Waals surface area contributed by atoms with Gasteiger partial charge in [-0.15, -0.1) is 0 Å². The number of halogens is 2. The standard InChI is InChI=1S/C32H25ClFNO/c1-19-6-2-3-11-31(19)35-20-12-13-28(29(33)18-20)32(36)27-9-4-7-21-23-16-17-26-22(8-5-10-30(26)34)24(23)14-15-25(21)27/h2-3,5-6,8,10-15,17-18,35H,4,7,9,16H2,1H3. The third-order valence-corrected chi connectivity index (χ3v) is 7.69. The van der Waals surface area contributed by atoms with E-state index in [9.17, 15) is 9.18 Å². The molecule has 0 saturated carbocycles. The summed E-state index contributed by atoms with van der Waals surface area (Å²) in [6.07, 6.45) is 5.19. The van der Waals surface area contributed by atoms with Crippen molar-refractivity contribution < 1.29 is 9.18 Å². The Morgan fingerprint density at radius 3 is 2.56 bits per heavy atom. The molecule has 4 aromatic rings. The van der Waals surface area contributed by atoms with Gasteiger partial charge in [0.05, 0.1) is 5.02 Å². The monoisotopic (exact) mass is 493 g/mol. The van der Waals surface area contributed by atoms with Gasteiger partial charge in [-0.2, -0.15) is 0 Å². The smallest absolute Gasteiger partial charge is 0.191 e. The minimum atomic E-state index is -0.187. The van der Waals surface area contributed by atoms with Gasteiger partial charge in [-0.1, -0.05) is 60.1 Å². The van der Waals surface area contributed by atoms with Crippen LogP contribution in [0.1, 0.15) is 39.9 Å². The van der Waals surface area contributed by atoms with Crippen molar-refractivity contribution in [1.82, 2.24) is 0 Å². The molecule has 4 heteroatoms. The molecule has 0 heterocycles. The first-order valence-corrected chi connectivity index (χ1v) is 12.7. The number of benzene rings is 4. The second-order valence-corrected chi connectivity index (χ2v) is 9.93. The second-order valence-electron chi connectivity index (χ2n) is 9.52. The number of nitrogens with one attached hydrogen (secondary N) is 1. The predicted molar refractivity (Wildman–Crippen MR) is 145 cm³/mol. The average Bonchev–Trinajstić information content (AvgIpc) is 2.89. The summed E-state index contributed by atoms with van der Waals surface area (Å²) in [6, 6.07) is 22.9. The Hall–Kier alpha value is -3.69.